The Bertz CT molecular complexity index is 1400. The van der Waals surface area contributed by atoms with Gasteiger partial charge in [-0.1, -0.05) is 12.1 Å². The number of hydrogen-bond acceptors (Lipinski definition) is 6. The molecule has 0 saturated carbocycles. The molecule has 1 aromatic carbocycles. The summed E-state index contributed by atoms with van der Waals surface area (Å²) in [6, 6.07) is 9.37. The Kier molecular flexibility index (Phi) is 6.53. The van der Waals surface area contributed by atoms with E-state index in [0.29, 0.717) is 18.2 Å². The third-order valence-electron chi connectivity index (χ3n) is 7.10. The van der Waals surface area contributed by atoms with Gasteiger partial charge in [-0.15, -0.1) is 0 Å². The van der Waals surface area contributed by atoms with Gasteiger partial charge in [0.2, 0.25) is 5.91 Å². The van der Waals surface area contributed by atoms with Crippen molar-refractivity contribution in [3.05, 3.63) is 89.0 Å². The molecule has 11 heteroatoms. The van der Waals surface area contributed by atoms with Gasteiger partial charge < -0.3 is 10.2 Å². The lowest BCUT2D eigenvalue weighted by molar-refractivity contribution is -0.122. The Balaban J connectivity index is 1.27. The van der Waals surface area contributed by atoms with E-state index in [1.165, 1.54) is 18.5 Å². The number of aromatic nitrogens is 2. The molecule has 4 heterocycles. The number of halogens is 4. The predicted octanol–water partition coefficient (Wildman–Crippen LogP) is 3.59. The van der Waals surface area contributed by atoms with E-state index in [0.717, 1.165) is 56.5 Å². The van der Waals surface area contributed by atoms with Crippen molar-refractivity contribution in [2.24, 2.45) is 5.41 Å². The normalized spacial score (nSPS) is 17.9. The molecule has 2 aliphatic rings. The molecule has 0 aliphatic carbocycles. The second-order valence-electron chi connectivity index (χ2n) is 10.0. The first kappa shape index (κ1) is 25.6. The number of hydrogen-bond donors (Lipinski definition) is 1. The molecule has 0 bridgehead atoms. The number of anilines is 1. The third kappa shape index (κ3) is 4.56. The number of carbonyl (C=O) groups is 1. The van der Waals surface area contributed by atoms with Crippen LogP contribution in [0.3, 0.4) is 0 Å². The van der Waals surface area contributed by atoms with Crippen LogP contribution in [0.2, 0.25) is 0 Å². The summed E-state index contributed by atoms with van der Waals surface area (Å²) in [5, 5.41) is 11.3. The summed E-state index contributed by atoms with van der Waals surface area (Å²) < 4.78 is 56.5. The molecule has 0 radical (unpaired) electrons. The summed E-state index contributed by atoms with van der Waals surface area (Å²) in [5.41, 5.74) is -0.519. The van der Waals surface area contributed by atoms with Crippen LogP contribution in [0.5, 0.6) is 0 Å². The van der Waals surface area contributed by atoms with E-state index in [9.17, 15) is 22.4 Å². The maximum atomic E-state index is 14.5. The second kappa shape index (κ2) is 9.68. The van der Waals surface area contributed by atoms with E-state index < -0.39 is 29.5 Å². The van der Waals surface area contributed by atoms with Gasteiger partial charge in [-0.2, -0.15) is 5.26 Å². The first-order valence-electron chi connectivity index (χ1n) is 11.9. The fourth-order valence-corrected chi connectivity index (χ4v) is 5.43. The molecule has 2 saturated heterocycles. The van der Waals surface area contributed by atoms with Crippen molar-refractivity contribution in [1.82, 2.24) is 20.2 Å². The van der Waals surface area contributed by atoms with Crippen molar-refractivity contribution in [3.8, 4) is 6.07 Å². The summed E-state index contributed by atoms with van der Waals surface area (Å²) in [5.74, 6) is -3.25. The van der Waals surface area contributed by atoms with E-state index in [1.54, 1.807) is 12.3 Å². The van der Waals surface area contributed by atoms with Crippen molar-refractivity contribution >= 4 is 11.6 Å². The van der Waals surface area contributed by atoms with E-state index in [4.69, 9.17) is 5.26 Å². The Morgan fingerprint density at radius 2 is 1.87 bits per heavy atom. The summed E-state index contributed by atoms with van der Waals surface area (Å²) in [7, 11) is 0. The Hall–Kier alpha value is -4.04. The Morgan fingerprint density at radius 1 is 1.11 bits per heavy atom. The molecule has 3 aromatic rings. The van der Waals surface area contributed by atoms with Crippen molar-refractivity contribution in [3.63, 3.8) is 0 Å². The van der Waals surface area contributed by atoms with Gasteiger partial charge in [0.25, 0.3) is 6.43 Å². The van der Waals surface area contributed by atoms with Gasteiger partial charge >= 0.3 is 0 Å². The van der Waals surface area contributed by atoms with Crippen LogP contribution in [0.25, 0.3) is 0 Å². The maximum Gasteiger partial charge on any atom is 0.271 e. The number of rotatable bonds is 7. The van der Waals surface area contributed by atoms with Gasteiger partial charge in [0.15, 0.2) is 17.2 Å². The minimum Gasteiger partial charge on any atom is -0.369 e. The molecule has 0 unspecified atom stereocenters. The van der Waals surface area contributed by atoms with Crippen LogP contribution >= 0.6 is 0 Å². The zero-order valence-electron chi connectivity index (χ0n) is 20.5. The topological polar surface area (TPSA) is 85.2 Å². The molecule has 5 rings (SSSR count). The zero-order valence-corrected chi connectivity index (χ0v) is 20.5. The Labute approximate surface area is 216 Å². The van der Waals surface area contributed by atoms with E-state index >= 15 is 0 Å². The number of benzene rings is 1. The molecule has 1 N–H and O–H groups in total. The molecule has 2 fully saturated rings. The van der Waals surface area contributed by atoms with Crippen LogP contribution in [0.1, 0.15) is 29.3 Å². The van der Waals surface area contributed by atoms with Crippen molar-refractivity contribution in [1.29, 1.82) is 5.26 Å². The highest BCUT2D eigenvalue weighted by Gasteiger charge is 2.51. The minimum atomic E-state index is -3.18. The van der Waals surface area contributed by atoms with Crippen LogP contribution in [0, 0.1) is 28.4 Å². The molecular weight excluding hydrogens is 500 g/mol. The number of likely N-dealkylation sites (tertiary alicyclic amines) is 1. The summed E-state index contributed by atoms with van der Waals surface area (Å²) in [4.78, 5) is 24.6. The van der Waals surface area contributed by atoms with Gasteiger partial charge in [0.05, 0.1) is 23.1 Å². The summed E-state index contributed by atoms with van der Waals surface area (Å²) in [6.45, 7) is 5.08. The molecule has 1 atom stereocenters. The first-order valence-corrected chi connectivity index (χ1v) is 11.9. The molecule has 1 amide bonds. The predicted molar refractivity (Wildman–Crippen MR) is 130 cm³/mol. The summed E-state index contributed by atoms with van der Waals surface area (Å²) in [6.07, 6.45) is 1.56. The summed E-state index contributed by atoms with van der Waals surface area (Å²) >= 11 is 0. The maximum absolute atomic E-state index is 14.5. The average molecular weight is 525 g/mol. The molecule has 7 nitrogen and oxygen atoms in total. The SMILES string of the molecule is CC(=O)N[C@](c1ccc(F)c(F)c1)(c1ccc(CN2CC3(C2)CN(c2cncc(C#N)c2)C3)cn1)C(F)F. The Morgan fingerprint density at radius 3 is 2.47 bits per heavy atom. The number of pyridine rings is 2. The van der Waals surface area contributed by atoms with Gasteiger partial charge in [-0.05, 0) is 35.4 Å². The molecule has 38 heavy (non-hydrogen) atoms. The fourth-order valence-electron chi connectivity index (χ4n) is 5.43. The lowest BCUT2D eigenvalue weighted by Crippen LogP contribution is -2.72. The highest BCUT2D eigenvalue weighted by molar-refractivity contribution is 5.75. The molecule has 1 spiro atoms. The first-order chi connectivity index (χ1) is 18.1. The second-order valence-corrected chi connectivity index (χ2v) is 10.0. The highest BCUT2D eigenvalue weighted by Crippen LogP contribution is 2.42. The lowest BCUT2D eigenvalue weighted by Gasteiger charge is -2.61. The monoisotopic (exact) mass is 524 g/mol. The van der Waals surface area contributed by atoms with E-state index in [-0.39, 0.29) is 16.7 Å². The number of nitrogens with zero attached hydrogens (tertiary/aromatic N) is 5. The van der Waals surface area contributed by atoms with E-state index in [2.05, 4.69) is 31.2 Å². The van der Waals surface area contributed by atoms with Gasteiger partial charge in [-0.25, -0.2) is 17.6 Å². The molecular formula is C27H24F4N6O. The molecule has 196 valence electrons. The van der Waals surface area contributed by atoms with Crippen molar-refractivity contribution in [2.45, 2.75) is 25.4 Å². The van der Waals surface area contributed by atoms with Crippen LogP contribution in [0.4, 0.5) is 23.2 Å². The number of carbonyl (C=O) groups excluding carboxylic acids is 1. The quantitative estimate of drug-likeness (QED) is 0.476. The number of alkyl halides is 2. The van der Waals surface area contributed by atoms with Gasteiger partial charge in [-0.3, -0.25) is 19.7 Å². The van der Waals surface area contributed by atoms with E-state index in [1.807, 2.05) is 6.07 Å². The van der Waals surface area contributed by atoms with Gasteiger partial charge in [0, 0.05) is 57.5 Å². The van der Waals surface area contributed by atoms with Crippen molar-refractivity contribution in [2.75, 3.05) is 31.1 Å². The lowest BCUT2D eigenvalue weighted by atomic mass is 9.72. The minimum absolute atomic E-state index is 0.166. The molecule has 2 aromatic heterocycles. The number of amides is 1. The van der Waals surface area contributed by atoms with Crippen LogP contribution in [-0.4, -0.2) is 53.4 Å². The van der Waals surface area contributed by atoms with Crippen molar-refractivity contribution < 1.29 is 22.4 Å². The third-order valence-corrected chi connectivity index (χ3v) is 7.10. The van der Waals surface area contributed by atoms with Crippen LogP contribution in [-0.2, 0) is 16.9 Å². The number of nitriles is 1. The fraction of sp³-hybridized carbons (Fsp3) is 0.333. The molecule has 2 aliphatic heterocycles. The van der Waals surface area contributed by atoms with Gasteiger partial charge in [0.1, 0.15) is 6.07 Å². The number of nitrogens with one attached hydrogen (secondary N) is 1. The van der Waals surface area contributed by atoms with Crippen LogP contribution in [0.15, 0.2) is 55.0 Å². The highest BCUT2D eigenvalue weighted by atomic mass is 19.3. The zero-order chi connectivity index (χ0) is 27.1. The standard InChI is InChI=1S/C27H24F4N6O/c1-17(38)35-27(25(30)31,20-3-4-22(28)23(29)7-20)24-5-2-18(10-34-24)12-36-13-26(14-36)15-37(16-26)21-6-19(8-32)9-33-11-21/h2-7,9-11,25H,12-16H2,1H3,(H,35,38)/t27-/m1/s1. The average Bonchev–Trinajstić information content (AvgIpc) is 2.85. The van der Waals surface area contributed by atoms with Crippen LogP contribution < -0.4 is 10.2 Å². The largest absolute Gasteiger partial charge is 0.369 e. The smallest absolute Gasteiger partial charge is 0.271 e.